The number of imide groups is 1. The number of aliphatic hydroxyl groups is 1. The van der Waals surface area contributed by atoms with E-state index in [1.807, 2.05) is 0 Å². The molecule has 1 aliphatic rings. The van der Waals surface area contributed by atoms with E-state index in [0.717, 1.165) is 7.11 Å². The monoisotopic (exact) mass is 147 g/mol. The Kier molecular flexibility index (Phi) is 3.60. The molecule has 0 aromatic heterocycles. The van der Waals surface area contributed by atoms with Crippen molar-refractivity contribution in [1.29, 1.82) is 0 Å². The number of aliphatic hydroxyl groups excluding tert-OH is 1. The van der Waals surface area contributed by atoms with Crippen molar-refractivity contribution in [2.45, 2.75) is 12.8 Å². The lowest BCUT2D eigenvalue weighted by Crippen LogP contribution is -2.24. The maximum Gasteiger partial charge on any atom is 0.253 e. The largest absolute Gasteiger partial charge is 0.400 e. The van der Waals surface area contributed by atoms with Gasteiger partial charge in [0.25, 0.3) is 11.8 Å². The summed E-state index contributed by atoms with van der Waals surface area (Å²) in [5.41, 5.74) is 0. The van der Waals surface area contributed by atoms with Crippen LogP contribution in [-0.2, 0) is 9.59 Å². The van der Waals surface area contributed by atoms with Crippen LogP contribution in [0.4, 0.5) is 0 Å². The molecular formula is C5H9NO4. The lowest BCUT2D eigenvalue weighted by Gasteiger charge is -1.98. The first kappa shape index (κ1) is 9.06. The number of nitrogens with zero attached hydrogens (tertiary/aromatic N) is 1. The molecule has 1 heterocycles. The predicted molar refractivity (Wildman–Crippen MR) is 31.0 cm³/mol. The molecule has 1 saturated heterocycles. The quantitative estimate of drug-likeness (QED) is 0.345. The van der Waals surface area contributed by atoms with Crippen LogP contribution in [0.1, 0.15) is 12.8 Å². The minimum Gasteiger partial charge on any atom is -0.400 e. The summed E-state index contributed by atoms with van der Waals surface area (Å²) in [6.07, 6.45) is 0.296. The first-order valence-corrected chi connectivity index (χ1v) is 2.71. The average Bonchev–Trinajstić information content (AvgIpc) is 2.25. The third kappa shape index (κ3) is 1.78. The summed E-state index contributed by atoms with van der Waals surface area (Å²) < 4.78 is 0. The molecule has 1 aliphatic heterocycles. The second-order valence-electron chi connectivity index (χ2n) is 1.60. The molecule has 5 heteroatoms. The highest BCUT2D eigenvalue weighted by molar-refractivity contribution is 6.00. The highest BCUT2D eigenvalue weighted by atomic mass is 16.5. The lowest BCUT2D eigenvalue weighted by atomic mass is 10.4. The molecule has 0 radical (unpaired) electrons. The minimum atomic E-state index is -0.505. The van der Waals surface area contributed by atoms with E-state index in [4.69, 9.17) is 10.3 Å². The number of carbonyl (C=O) groups is 2. The molecule has 0 unspecified atom stereocenters. The van der Waals surface area contributed by atoms with Crippen molar-refractivity contribution in [1.82, 2.24) is 5.06 Å². The molecule has 10 heavy (non-hydrogen) atoms. The molecule has 5 nitrogen and oxygen atoms in total. The van der Waals surface area contributed by atoms with Gasteiger partial charge in [-0.05, 0) is 0 Å². The SMILES string of the molecule is CO.O=C1CCC(=O)N1O. The van der Waals surface area contributed by atoms with E-state index in [1.54, 1.807) is 0 Å². The zero-order valence-electron chi connectivity index (χ0n) is 5.57. The fourth-order valence-corrected chi connectivity index (χ4v) is 0.565. The number of hydrogen-bond acceptors (Lipinski definition) is 4. The van der Waals surface area contributed by atoms with Gasteiger partial charge in [-0.25, -0.2) is 0 Å². The van der Waals surface area contributed by atoms with E-state index in [2.05, 4.69) is 0 Å². The fourth-order valence-electron chi connectivity index (χ4n) is 0.565. The van der Waals surface area contributed by atoms with Crippen LogP contribution < -0.4 is 0 Å². The highest BCUT2D eigenvalue weighted by Crippen LogP contribution is 2.06. The second kappa shape index (κ2) is 3.97. The van der Waals surface area contributed by atoms with Gasteiger partial charge in [-0.15, -0.1) is 0 Å². The van der Waals surface area contributed by atoms with Gasteiger partial charge in [0.2, 0.25) is 0 Å². The molecule has 1 rings (SSSR count). The highest BCUT2D eigenvalue weighted by Gasteiger charge is 2.26. The Hall–Kier alpha value is -0.940. The Morgan fingerprint density at radius 1 is 1.20 bits per heavy atom. The van der Waals surface area contributed by atoms with Crippen LogP contribution in [0.3, 0.4) is 0 Å². The Morgan fingerprint density at radius 2 is 1.50 bits per heavy atom. The van der Waals surface area contributed by atoms with Crippen LogP contribution in [0.2, 0.25) is 0 Å². The van der Waals surface area contributed by atoms with Gasteiger partial charge in [0.05, 0.1) is 0 Å². The summed E-state index contributed by atoms with van der Waals surface area (Å²) in [4.78, 5) is 20.5. The normalized spacial score (nSPS) is 16.9. The van der Waals surface area contributed by atoms with E-state index < -0.39 is 11.8 Å². The minimum absolute atomic E-state index is 0.148. The second-order valence-corrected chi connectivity index (χ2v) is 1.60. The number of amides is 2. The van der Waals surface area contributed by atoms with Gasteiger partial charge in [0.1, 0.15) is 0 Å². The Bertz CT molecular complexity index is 129. The summed E-state index contributed by atoms with van der Waals surface area (Å²) in [6.45, 7) is 0. The molecule has 0 bridgehead atoms. The maximum absolute atomic E-state index is 10.2. The molecule has 0 spiro atoms. The molecule has 58 valence electrons. The predicted octanol–water partition coefficient (Wildman–Crippen LogP) is -0.867. The molecule has 0 aromatic carbocycles. The average molecular weight is 147 g/mol. The summed E-state index contributed by atoms with van der Waals surface area (Å²) >= 11 is 0. The van der Waals surface area contributed by atoms with Crippen molar-refractivity contribution >= 4 is 11.8 Å². The third-order valence-electron chi connectivity index (χ3n) is 1.03. The van der Waals surface area contributed by atoms with E-state index in [1.165, 1.54) is 0 Å². The van der Waals surface area contributed by atoms with Gasteiger partial charge >= 0.3 is 0 Å². The maximum atomic E-state index is 10.2. The smallest absolute Gasteiger partial charge is 0.253 e. The van der Waals surface area contributed by atoms with Gasteiger partial charge in [0, 0.05) is 20.0 Å². The standard InChI is InChI=1S/C4H5NO3.CH4O/c6-3-1-2-4(7)5(3)8;1-2/h8H,1-2H2;2H,1H3. The molecule has 1 fully saturated rings. The van der Waals surface area contributed by atoms with Crippen molar-refractivity contribution in [3.05, 3.63) is 0 Å². The number of rotatable bonds is 0. The Balaban J connectivity index is 0.000000371. The van der Waals surface area contributed by atoms with Crippen molar-refractivity contribution in [3.8, 4) is 0 Å². The summed E-state index contributed by atoms with van der Waals surface area (Å²) in [5.74, 6) is -1.01. The molecule has 0 aromatic rings. The topological polar surface area (TPSA) is 77.8 Å². The molecule has 2 N–H and O–H groups in total. The Morgan fingerprint density at radius 3 is 1.60 bits per heavy atom. The molecule has 0 aliphatic carbocycles. The van der Waals surface area contributed by atoms with E-state index in [-0.39, 0.29) is 17.9 Å². The van der Waals surface area contributed by atoms with Crippen LogP contribution in [0.25, 0.3) is 0 Å². The van der Waals surface area contributed by atoms with Crippen LogP contribution in [0, 0.1) is 0 Å². The summed E-state index contributed by atoms with van der Waals surface area (Å²) in [6, 6.07) is 0. The molecule has 2 amide bonds. The lowest BCUT2D eigenvalue weighted by molar-refractivity contribution is -0.171. The summed E-state index contributed by atoms with van der Waals surface area (Å²) in [5, 5.41) is 15.6. The fraction of sp³-hybridized carbons (Fsp3) is 0.600. The summed E-state index contributed by atoms with van der Waals surface area (Å²) in [7, 11) is 1.00. The molecule has 0 saturated carbocycles. The van der Waals surface area contributed by atoms with Crippen molar-refractivity contribution < 1.29 is 19.9 Å². The molecule has 0 atom stereocenters. The van der Waals surface area contributed by atoms with Gasteiger partial charge in [-0.2, -0.15) is 5.06 Å². The Labute approximate surface area is 57.8 Å². The van der Waals surface area contributed by atoms with Crippen LogP contribution in [-0.4, -0.2) is 34.3 Å². The van der Waals surface area contributed by atoms with E-state index >= 15 is 0 Å². The van der Waals surface area contributed by atoms with E-state index in [0.29, 0.717) is 0 Å². The van der Waals surface area contributed by atoms with Crippen LogP contribution >= 0.6 is 0 Å². The number of hydrogen-bond donors (Lipinski definition) is 2. The van der Waals surface area contributed by atoms with Crippen LogP contribution in [0.5, 0.6) is 0 Å². The van der Waals surface area contributed by atoms with Gasteiger partial charge in [-0.1, -0.05) is 0 Å². The van der Waals surface area contributed by atoms with Gasteiger partial charge in [-0.3, -0.25) is 14.8 Å². The number of hydroxylamine groups is 2. The molecular weight excluding hydrogens is 138 g/mol. The number of carbonyl (C=O) groups excluding carboxylic acids is 2. The van der Waals surface area contributed by atoms with Crippen molar-refractivity contribution in [2.75, 3.05) is 7.11 Å². The third-order valence-corrected chi connectivity index (χ3v) is 1.03. The first-order valence-electron chi connectivity index (χ1n) is 2.71. The van der Waals surface area contributed by atoms with Crippen molar-refractivity contribution in [3.63, 3.8) is 0 Å². The zero-order valence-corrected chi connectivity index (χ0v) is 5.57. The van der Waals surface area contributed by atoms with E-state index in [9.17, 15) is 9.59 Å². The van der Waals surface area contributed by atoms with Gasteiger partial charge in [0.15, 0.2) is 0 Å². The zero-order chi connectivity index (χ0) is 8.15. The van der Waals surface area contributed by atoms with Gasteiger partial charge < -0.3 is 5.11 Å². The first-order chi connectivity index (χ1) is 4.72. The van der Waals surface area contributed by atoms with Crippen molar-refractivity contribution in [2.24, 2.45) is 0 Å². The van der Waals surface area contributed by atoms with Crippen LogP contribution in [0.15, 0.2) is 0 Å².